The highest BCUT2D eigenvalue weighted by Gasteiger charge is 2.30. The van der Waals surface area contributed by atoms with Gasteiger partial charge in [-0.15, -0.1) is 0 Å². The zero-order valence-electron chi connectivity index (χ0n) is 11.5. The van der Waals surface area contributed by atoms with Crippen molar-refractivity contribution in [1.29, 1.82) is 0 Å². The van der Waals surface area contributed by atoms with Gasteiger partial charge in [-0.1, -0.05) is 19.3 Å². The van der Waals surface area contributed by atoms with E-state index in [1.165, 1.54) is 31.5 Å². The Bertz CT molecular complexity index is 393. The summed E-state index contributed by atoms with van der Waals surface area (Å²) in [5.41, 5.74) is 7.02. The summed E-state index contributed by atoms with van der Waals surface area (Å²) >= 11 is 0. The van der Waals surface area contributed by atoms with E-state index in [0.717, 1.165) is 18.4 Å². The van der Waals surface area contributed by atoms with Gasteiger partial charge in [-0.3, -0.25) is 4.98 Å². The van der Waals surface area contributed by atoms with Gasteiger partial charge >= 0.3 is 0 Å². The van der Waals surface area contributed by atoms with E-state index in [1.54, 1.807) is 6.20 Å². The van der Waals surface area contributed by atoms with Gasteiger partial charge in [0.15, 0.2) is 0 Å². The second kappa shape index (κ2) is 6.96. The monoisotopic (exact) mass is 266 g/mol. The van der Waals surface area contributed by atoms with E-state index < -0.39 is 0 Å². The maximum Gasteiger partial charge on any atom is 0.141 e. The van der Waals surface area contributed by atoms with Crippen LogP contribution in [0.25, 0.3) is 0 Å². The quantitative estimate of drug-likeness (QED) is 0.890. The van der Waals surface area contributed by atoms with Gasteiger partial charge in [0.05, 0.1) is 18.3 Å². The molecule has 2 rings (SSSR count). The van der Waals surface area contributed by atoms with E-state index >= 15 is 0 Å². The summed E-state index contributed by atoms with van der Waals surface area (Å²) in [6, 6.07) is 1.17. The molecule has 1 aliphatic carbocycles. The zero-order valence-corrected chi connectivity index (χ0v) is 11.5. The van der Waals surface area contributed by atoms with Crippen molar-refractivity contribution in [2.45, 2.75) is 51.2 Å². The molecule has 19 heavy (non-hydrogen) atoms. The number of hydrogen-bond donors (Lipinski definition) is 1. The summed E-state index contributed by atoms with van der Waals surface area (Å²) in [6.45, 7) is 2.62. The Kier molecular flexibility index (Phi) is 5.28. The number of pyridine rings is 1. The van der Waals surface area contributed by atoms with Crippen LogP contribution in [-0.2, 0) is 4.74 Å². The van der Waals surface area contributed by atoms with Crippen LogP contribution in [0.5, 0.6) is 0 Å². The second-order valence-corrected chi connectivity index (χ2v) is 5.28. The predicted octanol–water partition coefficient (Wildman–Crippen LogP) is 3.21. The number of ether oxygens (including phenoxy) is 1. The normalized spacial score (nSPS) is 20.2. The summed E-state index contributed by atoms with van der Waals surface area (Å²) in [5.74, 6) is 0.138. The molecule has 1 fully saturated rings. The van der Waals surface area contributed by atoms with Crippen LogP contribution in [0.1, 0.15) is 50.6 Å². The Morgan fingerprint density at radius 1 is 1.37 bits per heavy atom. The first kappa shape index (κ1) is 14.4. The second-order valence-electron chi connectivity index (χ2n) is 5.28. The third kappa shape index (κ3) is 3.74. The molecular formula is C15H23FN2O. The maximum absolute atomic E-state index is 13.3. The van der Waals surface area contributed by atoms with E-state index in [0.29, 0.717) is 12.5 Å². The van der Waals surface area contributed by atoms with Gasteiger partial charge in [0.25, 0.3) is 0 Å². The maximum atomic E-state index is 13.3. The topological polar surface area (TPSA) is 48.1 Å². The number of rotatable bonds is 5. The molecule has 1 heterocycles. The van der Waals surface area contributed by atoms with Crippen LogP contribution in [0.4, 0.5) is 4.39 Å². The Morgan fingerprint density at radius 3 is 2.74 bits per heavy atom. The molecule has 2 unspecified atom stereocenters. The van der Waals surface area contributed by atoms with Crippen molar-refractivity contribution in [3.63, 3.8) is 0 Å². The van der Waals surface area contributed by atoms with Crippen molar-refractivity contribution < 1.29 is 9.13 Å². The Hall–Kier alpha value is -1.00. The highest BCUT2D eigenvalue weighted by molar-refractivity contribution is 5.16. The van der Waals surface area contributed by atoms with Crippen molar-refractivity contribution >= 4 is 0 Å². The SMILES string of the molecule is CCOC(C1CCCCC1)C(N)c1cncc(F)c1. The predicted molar refractivity (Wildman–Crippen MR) is 73.1 cm³/mol. The van der Waals surface area contributed by atoms with Crippen LogP contribution in [0.2, 0.25) is 0 Å². The van der Waals surface area contributed by atoms with Gasteiger partial charge in [-0.2, -0.15) is 0 Å². The average molecular weight is 266 g/mol. The van der Waals surface area contributed by atoms with Crippen LogP contribution >= 0.6 is 0 Å². The molecule has 0 spiro atoms. The molecule has 1 aliphatic rings. The molecule has 2 atom stereocenters. The third-order valence-electron chi connectivity index (χ3n) is 3.94. The number of halogens is 1. The number of hydrogen-bond acceptors (Lipinski definition) is 3. The summed E-state index contributed by atoms with van der Waals surface area (Å²) in [5, 5.41) is 0. The number of nitrogens with zero attached hydrogens (tertiary/aromatic N) is 1. The van der Waals surface area contributed by atoms with E-state index in [1.807, 2.05) is 6.92 Å². The van der Waals surface area contributed by atoms with Gasteiger partial charge in [-0.05, 0) is 37.3 Å². The lowest BCUT2D eigenvalue weighted by Gasteiger charge is -2.34. The Balaban J connectivity index is 2.12. The minimum Gasteiger partial charge on any atom is -0.376 e. The van der Waals surface area contributed by atoms with Gasteiger partial charge in [0.1, 0.15) is 5.82 Å². The lowest BCUT2D eigenvalue weighted by Crippen LogP contribution is -2.36. The highest BCUT2D eigenvalue weighted by Crippen LogP contribution is 2.33. The molecule has 2 N–H and O–H groups in total. The van der Waals surface area contributed by atoms with E-state index in [2.05, 4.69) is 4.98 Å². The molecule has 1 aromatic heterocycles. The smallest absolute Gasteiger partial charge is 0.141 e. The van der Waals surface area contributed by atoms with Crippen molar-refractivity contribution in [2.75, 3.05) is 6.61 Å². The molecule has 3 nitrogen and oxygen atoms in total. The first-order chi connectivity index (χ1) is 9.22. The van der Waals surface area contributed by atoms with Gasteiger partial charge in [-0.25, -0.2) is 4.39 Å². The minimum atomic E-state index is -0.341. The van der Waals surface area contributed by atoms with Gasteiger partial charge in [0.2, 0.25) is 0 Å². The van der Waals surface area contributed by atoms with E-state index in [9.17, 15) is 4.39 Å². The lowest BCUT2D eigenvalue weighted by molar-refractivity contribution is -0.00996. The molecule has 0 aliphatic heterocycles. The Labute approximate surface area is 114 Å². The lowest BCUT2D eigenvalue weighted by atomic mass is 9.81. The summed E-state index contributed by atoms with van der Waals surface area (Å²) in [7, 11) is 0. The molecule has 0 aromatic carbocycles. The number of aromatic nitrogens is 1. The molecule has 0 amide bonds. The average Bonchev–Trinajstić information content (AvgIpc) is 2.45. The summed E-state index contributed by atoms with van der Waals surface area (Å²) in [6.07, 6.45) is 8.89. The first-order valence-electron chi connectivity index (χ1n) is 7.20. The van der Waals surface area contributed by atoms with Crippen LogP contribution in [0, 0.1) is 11.7 Å². The zero-order chi connectivity index (χ0) is 13.7. The molecule has 1 saturated carbocycles. The third-order valence-corrected chi connectivity index (χ3v) is 3.94. The summed E-state index contributed by atoms with van der Waals surface area (Å²) < 4.78 is 19.1. The molecule has 0 saturated heterocycles. The molecule has 4 heteroatoms. The first-order valence-corrected chi connectivity index (χ1v) is 7.20. The fourth-order valence-electron chi connectivity index (χ4n) is 2.99. The minimum absolute atomic E-state index is 0.0334. The highest BCUT2D eigenvalue weighted by atomic mass is 19.1. The molecular weight excluding hydrogens is 243 g/mol. The van der Waals surface area contributed by atoms with Gasteiger partial charge in [0, 0.05) is 12.8 Å². The molecule has 0 bridgehead atoms. The molecule has 1 aromatic rings. The fraction of sp³-hybridized carbons (Fsp3) is 0.667. The van der Waals surface area contributed by atoms with E-state index in [-0.39, 0.29) is 18.0 Å². The van der Waals surface area contributed by atoms with Crippen LogP contribution in [0.3, 0.4) is 0 Å². The molecule has 0 radical (unpaired) electrons. The van der Waals surface area contributed by atoms with Gasteiger partial charge < -0.3 is 10.5 Å². The van der Waals surface area contributed by atoms with E-state index in [4.69, 9.17) is 10.5 Å². The van der Waals surface area contributed by atoms with Crippen LogP contribution < -0.4 is 5.73 Å². The largest absolute Gasteiger partial charge is 0.376 e. The fourth-order valence-corrected chi connectivity index (χ4v) is 2.99. The standard InChI is InChI=1S/C15H23FN2O/c1-2-19-15(11-6-4-3-5-7-11)14(17)12-8-13(16)10-18-9-12/h8-11,14-15H,2-7,17H2,1H3. The van der Waals surface area contributed by atoms with Crippen molar-refractivity contribution in [3.05, 3.63) is 29.8 Å². The Morgan fingerprint density at radius 2 is 2.11 bits per heavy atom. The van der Waals surface area contributed by atoms with Crippen molar-refractivity contribution in [3.8, 4) is 0 Å². The number of nitrogens with two attached hydrogens (primary N) is 1. The van der Waals surface area contributed by atoms with Crippen LogP contribution in [-0.4, -0.2) is 17.7 Å². The molecule has 106 valence electrons. The van der Waals surface area contributed by atoms with Crippen LogP contribution in [0.15, 0.2) is 18.5 Å². The van der Waals surface area contributed by atoms with Crippen molar-refractivity contribution in [1.82, 2.24) is 4.98 Å². The van der Waals surface area contributed by atoms with Crippen molar-refractivity contribution in [2.24, 2.45) is 11.7 Å². The summed E-state index contributed by atoms with van der Waals surface area (Å²) in [4.78, 5) is 3.88.